The molecule has 1 unspecified atom stereocenters. The average molecular weight is 97.1 g/mol. The lowest BCUT2D eigenvalue weighted by molar-refractivity contribution is 0.543. The first-order valence-electron chi connectivity index (χ1n) is 2.31. The highest BCUT2D eigenvalue weighted by molar-refractivity contribution is 5.56. The van der Waals surface area contributed by atoms with Crippen molar-refractivity contribution in [3.05, 3.63) is 12.2 Å². The van der Waals surface area contributed by atoms with Gasteiger partial charge >= 0.3 is 0 Å². The van der Waals surface area contributed by atoms with Gasteiger partial charge in [0.2, 0.25) is 6.29 Å². The van der Waals surface area contributed by atoms with Crippen LogP contribution >= 0.6 is 0 Å². The lowest BCUT2D eigenvalue weighted by Gasteiger charge is -1.84. The molecule has 39 valence electrons. The second-order valence-corrected chi connectivity index (χ2v) is 1.43. The topological polar surface area (TPSA) is 17.1 Å². The number of rotatable bonds is 2. The molecule has 0 aromatic heterocycles. The van der Waals surface area contributed by atoms with E-state index in [-0.39, 0.29) is 5.92 Å². The molecular weight excluding hydrogens is 88.1 g/mol. The van der Waals surface area contributed by atoms with E-state index in [0.29, 0.717) is 0 Å². The first-order chi connectivity index (χ1) is 3.31. The van der Waals surface area contributed by atoms with Gasteiger partial charge in [0.1, 0.15) is 0 Å². The van der Waals surface area contributed by atoms with Crippen LogP contribution in [0.3, 0.4) is 0 Å². The lowest BCUT2D eigenvalue weighted by Crippen LogP contribution is -1.86. The van der Waals surface area contributed by atoms with Crippen LogP contribution in [0.4, 0.5) is 0 Å². The molecule has 0 aliphatic rings. The van der Waals surface area contributed by atoms with Gasteiger partial charge in [-0.25, -0.2) is 0 Å². The quantitative estimate of drug-likeness (QED) is 0.475. The minimum atomic E-state index is -0.0370. The number of allylic oxidation sites excluding steroid dienone is 2. The Bertz CT molecular complexity index is 74.2. The predicted molar refractivity (Wildman–Crippen MR) is 29.7 cm³/mol. The first-order valence-corrected chi connectivity index (χ1v) is 2.31. The Balaban J connectivity index is 3.35. The molecule has 0 amide bonds. The zero-order valence-corrected chi connectivity index (χ0v) is 4.64. The first kappa shape index (κ1) is 6.41. The highest BCUT2D eigenvalue weighted by atomic mass is 16.1. The fourth-order valence-electron chi connectivity index (χ4n) is 0.328. The lowest BCUT2D eigenvalue weighted by atomic mass is 10.2. The summed E-state index contributed by atoms with van der Waals surface area (Å²) >= 11 is 0. The van der Waals surface area contributed by atoms with E-state index < -0.39 is 0 Å². The standard InChI is InChI=1S/C6H9O/c1-3-4-6(2)5-7/h3-4,6H,1-2H3/b4-3+. The van der Waals surface area contributed by atoms with Crippen LogP contribution in [0.1, 0.15) is 13.8 Å². The fraction of sp³-hybridized carbons (Fsp3) is 0.500. The SMILES string of the molecule is C/C=C/C(C)[C]=O. The summed E-state index contributed by atoms with van der Waals surface area (Å²) in [7, 11) is 0. The van der Waals surface area contributed by atoms with Crippen LogP contribution in [0.15, 0.2) is 12.2 Å². The van der Waals surface area contributed by atoms with E-state index in [1.54, 1.807) is 13.0 Å². The van der Waals surface area contributed by atoms with Crippen LogP contribution in [0.5, 0.6) is 0 Å². The molecule has 0 heterocycles. The van der Waals surface area contributed by atoms with E-state index in [0.717, 1.165) is 0 Å². The van der Waals surface area contributed by atoms with Crippen molar-refractivity contribution < 1.29 is 4.79 Å². The van der Waals surface area contributed by atoms with Gasteiger partial charge in [0.25, 0.3) is 0 Å². The molecule has 0 bridgehead atoms. The molecule has 7 heavy (non-hydrogen) atoms. The van der Waals surface area contributed by atoms with Crippen molar-refractivity contribution in [2.45, 2.75) is 13.8 Å². The van der Waals surface area contributed by atoms with Gasteiger partial charge in [-0.15, -0.1) is 0 Å². The Morgan fingerprint density at radius 2 is 2.29 bits per heavy atom. The minimum absolute atomic E-state index is 0.0370. The molecule has 0 saturated heterocycles. The second kappa shape index (κ2) is 3.59. The Kier molecular flexibility index (Phi) is 3.29. The van der Waals surface area contributed by atoms with Crippen molar-refractivity contribution in [3.63, 3.8) is 0 Å². The molecule has 0 aromatic carbocycles. The number of hydrogen-bond donors (Lipinski definition) is 0. The Labute approximate surface area is 44.0 Å². The van der Waals surface area contributed by atoms with Gasteiger partial charge in [0.05, 0.1) is 0 Å². The van der Waals surface area contributed by atoms with Gasteiger partial charge in [-0.2, -0.15) is 0 Å². The molecule has 0 fully saturated rings. The van der Waals surface area contributed by atoms with Gasteiger partial charge in [-0.3, -0.25) is 4.79 Å². The van der Waals surface area contributed by atoms with Crippen molar-refractivity contribution >= 4 is 6.29 Å². The van der Waals surface area contributed by atoms with Crippen molar-refractivity contribution in [1.29, 1.82) is 0 Å². The second-order valence-electron chi connectivity index (χ2n) is 1.43. The predicted octanol–water partition coefficient (Wildman–Crippen LogP) is 1.31. The van der Waals surface area contributed by atoms with Gasteiger partial charge < -0.3 is 0 Å². The Hall–Kier alpha value is -0.590. The van der Waals surface area contributed by atoms with E-state index in [1.165, 1.54) is 0 Å². The zero-order chi connectivity index (χ0) is 5.70. The van der Waals surface area contributed by atoms with Gasteiger partial charge in [-0.05, 0) is 6.92 Å². The Morgan fingerprint density at radius 1 is 1.71 bits per heavy atom. The van der Waals surface area contributed by atoms with Crippen LogP contribution in [-0.2, 0) is 4.79 Å². The van der Waals surface area contributed by atoms with E-state index >= 15 is 0 Å². The molecule has 0 aliphatic carbocycles. The van der Waals surface area contributed by atoms with Crippen LogP contribution in [-0.4, -0.2) is 6.29 Å². The van der Waals surface area contributed by atoms with Crippen molar-refractivity contribution in [3.8, 4) is 0 Å². The maximum absolute atomic E-state index is 9.72. The minimum Gasteiger partial charge on any atom is -0.290 e. The summed E-state index contributed by atoms with van der Waals surface area (Å²) in [5.41, 5.74) is 0. The third kappa shape index (κ3) is 3.23. The molecule has 0 rings (SSSR count). The summed E-state index contributed by atoms with van der Waals surface area (Å²) < 4.78 is 0. The molecule has 1 nitrogen and oxygen atoms in total. The molecule has 0 aromatic rings. The fourth-order valence-corrected chi connectivity index (χ4v) is 0.328. The summed E-state index contributed by atoms with van der Waals surface area (Å²) in [6.07, 6.45) is 5.47. The third-order valence-electron chi connectivity index (χ3n) is 0.667. The Morgan fingerprint density at radius 3 is 2.43 bits per heavy atom. The van der Waals surface area contributed by atoms with Crippen molar-refractivity contribution in [1.82, 2.24) is 0 Å². The number of carbonyl (C=O) groups excluding carboxylic acids is 1. The normalized spacial score (nSPS) is 14.6. The molecule has 0 aliphatic heterocycles. The average Bonchev–Trinajstić information content (AvgIpc) is 1.68. The summed E-state index contributed by atoms with van der Waals surface area (Å²) in [5, 5.41) is 0. The summed E-state index contributed by atoms with van der Waals surface area (Å²) in [6.45, 7) is 3.68. The molecule has 1 heteroatoms. The summed E-state index contributed by atoms with van der Waals surface area (Å²) in [4.78, 5) is 9.72. The maximum Gasteiger partial charge on any atom is 0.205 e. The van der Waals surface area contributed by atoms with Crippen molar-refractivity contribution in [2.24, 2.45) is 5.92 Å². The van der Waals surface area contributed by atoms with Crippen molar-refractivity contribution in [2.75, 3.05) is 0 Å². The zero-order valence-electron chi connectivity index (χ0n) is 4.64. The molecule has 0 saturated carbocycles. The van der Waals surface area contributed by atoms with Crippen LogP contribution < -0.4 is 0 Å². The van der Waals surface area contributed by atoms with Crippen LogP contribution in [0.25, 0.3) is 0 Å². The highest BCUT2D eigenvalue weighted by Gasteiger charge is 1.88. The summed E-state index contributed by atoms with van der Waals surface area (Å²) in [6, 6.07) is 0. The summed E-state index contributed by atoms with van der Waals surface area (Å²) in [5.74, 6) is -0.0370. The van der Waals surface area contributed by atoms with E-state index in [1.807, 2.05) is 19.3 Å². The van der Waals surface area contributed by atoms with Crippen LogP contribution in [0, 0.1) is 5.92 Å². The van der Waals surface area contributed by atoms with Gasteiger partial charge in [0.15, 0.2) is 0 Å². The molecule has 0 N–H and O–H groups in total. The number of hydrogen-bond acceptors (Lipinski definition) is 1. The van der Waals surface area contributed by atoms with E-state index in [4.69, 9.17) is 0 Å². The van der Waals surface area contributed by atoms with Gasteiger partial charge in [0, 0.05) is 5.92 Å². The largest absolute Gasteiger partial charge is 0.290 e. The van der Waals surface area contributed by atoms with Gasteiger partial charge in [-0.1, -0.05) is 19.1 Å². The molecule has 1 radical (unpaired) electrons. The van der Waals surface area contributed by atoms with E-state index in [2.05, 4.69) is 0 Å². The van der Waals surface area contributed by atoms with E-state index in [9.17, 15) is 4.79 Å². The smallest absolute Gasteiger partial charge is 0.205 e. The molecular formula is C6H9O. The highest BCUT2D eigenvalue weighted by Crippen LogP contribution is 1.88. The maximum atomic E-state index is 9.72. The third-order valence-corrected chi connectivity index (χ3v) is 0.667. The monoisotopic (exact) mass is 97.1 g/mol. The van der Waals surface area contributed by atoms with Crippen LogP contribution in [0.2, 0.25) is 0 Å². The molecule has 1 atom stereocenters. The molecule has 0 spiro atoms.